The van der Waals surface area contributed by atoms with E-state index in [1.165, 1.54) is 17.3 Å². The van der Waals surface area contributed by atoms with Crippen LogP contribution in [0.3, 0.4) is 0 Å². The van der Waals surface area contributed by atoms with Crippen molar-refractivity contribution in [2.45, 2.75) is 58.2 Å². The van der Waals surface area contributed by atoms with Gasteiger partial charge in [0.1, 0.15) is 18.1 Å². The SMILES string of the molecule is CC(C)CC(NC(=O)[C@@H]1CCCN1C(=O)CNC(=O)c1ccc(N)cc1)C(=O)N[C@@H](C)C(=O)NO. The highest BCUT2D eigenvalue weighted by atomic mass is 16.5. The van der Waals surface area contributed by atoms with Gasteiger partial charge in [0.15, 0.2) is 0 Å². The Kier molecular flexibility index (Phi) is 10.0. The smallest absolute Gasteiger partial charge is 0.265 e. The van der Waals surface area contributed by atoms with Crippen molar-refractivity contribution in [3.8, 4) is 0 Å². The molecule has 1 aromatic carbocycles. The fourth-order valence-electron chi connectivity index (χ4n) is 3.78. The minimum absolute atomic E-state index is 0.0536. The molecule has 1 saturated heterocycles. The summed E-state index contributed by atoms with van der Waals surface area (Å²) in [6.07, 6.45) is 1.33. The maximum Gasteiger partial charge on any atom is 0.265 e. The van der Waals surface area contributed by atoms with Gasteiger partial charge in [-0.25, -0.2) is 5.48 Å². The highest BCUT2D eigenvalue weighted by Gasteiger charge is 2.36. The van der Waals surface area contributed by atoms with E-state index in [0.29, 0.717) is 37.1 Å². The molecule has 0 aliphatic carbocycles. The van der Waals surface area contributed by atoms with Crippen LogP contribution < -0.4 is 27.2 Å². The molecule has 0 bridgehead atoms. The third kappa shape index (κ3) is 7.95. The molecule has 35 heavy (non-hydrogen) atoms. The van der Waals surface area contributed by atoms with Crippen LogP contribution in [-0.4, -0.2) is 70.9 Å². The summed E-state index contributed by atoms with van der Waals surface area (Å²) in [5.74, 6) is -2.65. The Bertz CT molecular complexity index is 935. The number of nitrogen functional groups attached to an aromatic ring is 1. The van der Waals surface area contributed by atoms with Gasteiger partial charge in [-0.15, -0.1) is 0 Å². The Morgan fingerprint density at radius 3 is 2.31 bits per heavy atom. The van der Waals surface area contributed by atoms with Crippen LogP contribution >= 0.6 is 0 Å². The molecule has 12 heteroatoms. The lowest BCUT2D eigenvalue weighted by molar-refractivity contribution is -0.139. The van der Waals surface area contributed by atoms with Gasteiger partial charge in [0.25, 0.3) is 11.8 Å². The molecule has 3 atom stereocenters. The van der Waals surface area contributed by atoms with Gasteiger partial charge in [0, 0.05) is 17.8 Å². The van der Waals surface area contributed by atoms with Gasteiger partial charge >= 0.3 is 0 Å². The number of nitrogens with zero attached hydrogens (tertiary/aromatic N) is 1. The number of amides is 5. The van der Waals surface area contributed by atoms with Crippen molar-refractivity contribution in [2.75, 3.05) is 18.8 Å². The lowest BCUT2D eigenvalue weighted by atomic mass is 10.0. The molecule has 5 amide bonds. The van der Waals surface area contributed by atoms with E-state index in [1.807, 2.05) is 13.8 Å². The van der Waals surface area contributed by atoms with Crippen LogP contribution in [0.15, 0.2) is 24.3 Å². The average molecular weight is 491 g/mol. The van der Waals surface area contributed by atoms with E-state index in [1.54, 1.807) is 24.3 Å². The van der Waals surface area contributed by atoms with Crippen LogP contribution in [-0.2, 0) is 19.2 Å². The van der Waals surface area contributed by atoms with Crippen molar-refractivity contribution in [2.24, 2.45) is 5.92 Å². The Balaban J connectivity index is 1.99. The number of hydrogen-bond acceptors (Lipinski definition) is 7. The number of hydrogen-bond donors (Lipinski definition) is 6. The molecular weight excluding hydrogens is 456 g/mol. The standard InChI is InChI=1S/C23H34N6O6/c1-13(2)11-17(22(33)26-14(3)20(31)28-35)27-23(34)18-5-4-10-29(18)19(30)12-25-21(32)15-6-8-16(24)9-7-15/h6-9,13-14,17-18,35H,4-5,10-12,24H2,1-3H3,(H,25,32)(H,26,33)(H,27,34)(H,28,31)/t14-,17?,18-/m0/s1. The lowest BCUT2D eigenvalue weighted by Crippen LogP contribution is -2.56. The van der Waals surface area contributed by atoms with Crippen LogP contribution in [0.2, 0.25) is 0 Å². The summed E-state index contributed by atoms with van der Waals surface area (Å²) in [7, 11) is 0. The zero-order chi connectivity index (χ0) is 26.1. The van der Waals surface area contributed by atoms with Crippen molar-refractivity contribution in [3.63, 3.8) is 0 Å². The van der Waals surface area contributed by atoms with Crippen molar-refractivity contribution in [1.29, 1.82) is 0 Å². The van der Waals surface area contributed by atoms with Crippen LogP contribution in [0.1, 0.15) is 50.4 Å². The normalized spacial score (nSPS) is 16.8. The Morgan fingerprint density at radius 2 is 1.71 bits per heavy atom. The van der Waals surface area contributed by atoms with Gasteiger partial charge in [-0.1, -0.05) is 13.8 Å². The van der Waals surface area contributed by atoms with Crippen molar-refractivity contribution in [1.82, 2.24) is 26.3 Å². The molecule has 12 nitrogen and oxygen atoms in total. The lowest BCUT2D eigenvalue weighted by Gasteiger charge is -2.27. The van der Waals surface area contributed by atoms with Crippen LogP contribution in [0.4, 0.5) is 5.69 Å². The van der Waals surface area contributed by atoms with Crippen LogP contribution in [0, 0.1) is 5.92 Å². The fourth-order valence-corrected chi connectivity index (χ4v) is 3.78. The predicted molar refractivity (Wildman–Crippen MR) is 127 cm³/mol. The first-order chi connectivity index (χ1) is 16.5. The summed E-state index contributed by atoms with van der Waals surface area (Å²) in [6, 6.07) is 3.54. The number of rotatable bonds is 10. The molecule has 2 rings (SSSR count). The zero-order valence-electron chi connectivity index (χ0n) is 20.2. The number of nitrogens with one attached hydrogen (secondary N) is 4. The first-order valence-electron chi connectivity index (χ1n) is 11.5. The molecule has 0 saturated carbocycles. The number of anilines is 1. The molecular formula is C23H34N6O6. The number of hydroxylamine groups is 1. The van der Waals surface area contributed by atoms with E-state index in [0.717, 1.165) is 0 Å². The van der Waals surface area contributed by atoms with Gasteiger partial charge in [0.05, 0.1) is 6.54 Å². The zero-order valence-corrected chi connectivity index (χ0v) is 20.2. The number of carbonyl (C=O) groups is 5. The average Bonchev–Trinajstić information content (AvgIpc) is 3.31. The molecule has 1 aliphatic rings. The van der Waals surface area contributed by atoms with E-state index < -0.39 is 47.7 Å². The first-order valence-corrected chi connectivity index (χ1v) is 11.5. The fraction of sp³-hybridized carbons (Fsp3) is 0.522. The summed E-state index contributed by atoms with van der Waals surface area (Å²) in [5.41, 5.74) is 7.95. The highest BCUT2D eigenvalue weighted by Crippen LogP contribution is 2.18. The van der Waals surface area contributed by atoms with Crippen molar-refractivity contribution >= 4 is 35.2 Å². The summed E-state index contributed by atoms with van der Waals surface area (Å²) in [5, 5.41) is 16.4. The third-order valence-electron chi connectivity index (χ3n) is 5.65. The summed E-state index contributed by atoms with van der Waals surface area (Å²) in [4.78, 5) is 63.7. The molecule has 1 aliphatic heterocycles. The van der Waals surface area contributed by atoms with E-state index in [4.69, 9.17) is 10.9 Å². The van der Waals surface area contributed by atoms with Crippen LogP contribution in [0.25, 0.3) is 0 Å². The second kappa shape index (κ2) is 12.7. The maximum atomic E-state index is 13.0. The molecule has 1 heterocycles. The quantitative estimate of drug-likeness (QED) is 0.145. The van der Waals surface area contributed by atoms with E-state index in [2.05, 4.69) is 16.0 Å². The largest absolute Gasteiger partial charge is 0.399 e. The molecule has 0 radical (unpaired) electrons. The third-order valence-corrected chi connectivity index (χ3v) is 5.65. The minimum atomic E-state index is -1.01. The summed E-state index contributed by atoms with van der Waals surface area (Å²) >= 11 is 0. The second-order valence-corrected chi connectivity index (χ2v) is 8.95. The molecule has 1 aromatic rings. The van der Waals surface area contributed by atoms with Gasteiger partial charge in [-0.2, -0.15) is 0 Å². The molecule has 192 valence electrons. The number of benzene rings is 1. The van der Waals surface area contributed by atoms with Gasteiger partial charge in [0.2, 0.25) is 17.7 Å². The molecule has 1 fully saturated rings. The van der Waals surface area contributed by atoms with Crippen LogP contribution in [0.5, 0.6) is 0 Å². The number of carbonyl (C=O) groups excluding carboxylic acids is 5. The monoisotopic (exact) mass is 490 g/mol. The Morgan fingerprint density at radius 1 is 1.06 bits per heavy atom. The molecule has 0 spiro atoms. The van der Waals surface area contributed by atoms with E-state index in [-0.39, 0.29) is 12.5 Å². The Labute approximate surface area is 203 Å². The van der Waals surface area contributed by atoms with Gasteiger partial charge in [-0.3, -0.25) is 29.2 Å². The minimum Gasteiger partial charge on any atom is -0.399 e. The van der Waals surface area contributed by atoms with E-state index in [9.17, 15) is 24.0 Å². The van der Waals surface area contributed by atoms with Crippen molar-refractivity contribution < 1.29 is 29.2 Å². The first kappa shape index (κ1) is 27.6. The molecule has 0 aromatic heterocycles. The molecule has 7 N–H and O–H groups in total. The van der Waals surface area contributed by atoms with E-state index >= 15 is 0 Å². The number of nitrogens with two attached hydrogens (primary N) is 1. The second-order valence-electron chi connectivity index (χ2n) is 8.95. The summed E-state index contributed by atoms with van der Waals surface area (Å²) < 4.78 is 0. The van der Waals surface area contributed by atoms with Gasteiger partial charge < -0.3 is 26.6 Å². The number of likely N-dealkylation sites (tertiary alicyclic amines) is 1. The molecule has 1 unspecified atom stereocenters. The Hall–Kier alpha value is -3.67. The predicted octanol–water partition coefficient (Wildman–Crippen LogP) is -0.469. The highest BCUT2D eigenvalue weighted by molar-refractivity contribution is 5.98. The van der Waals surface area contributed by atoms with Crippen molar-refractivity contribution in [3.05, 3.63) is 29.8 Å². The van der Waals surface area contributed by atoms with Gasteiger partial charge in [-0.05, 0) is 56.4 Å². The topological polar surface area (TPSA) is 183 Å². The summed E-state index contributed by atoms with van der Waals surface area (Å²) in [6.45, 7) is 5.23. The maximum absolute atomic E-state index is 13.0.